The second-order valence-corrected chi connectivity index (χ2v) is 12.0. The molecule has 0 N–H and O–H groups in total. The zero-order valence-corrected chi connectivity index (χ0v) is 20.9. The first-order valence-electron chi connectivity index (χ1n) is 12.2. The zero-order valence-electron chi connectivity index (χ0n) is 20.1. The number of hydrogen-bond acceptors (Lipinski definition) is 2. The van der Waals surface area contributed by atoms with E-state index < -0.39 is 9.84 Å². The van der Waals surface area contributed by atoms with Crippen LogP contribution in [-0.2, 0) is 15.3 Å². The van der Waals surface area contributed by atoms with Gasteiger partial charge in [-0.1, -0.05) is 105 Å². The van der Waals surface area contributed by atoms with Crippen molar-refractivity contribution < 1.29 is 8.42 Å². The topological polar surface area (TPSA) is 34.1 Å². The molecule has 5 aromatic carbocycles. The summed E-state index contributed by atoms with van der Waals surface area (Å²) in [5.41, 5.74) is 10.6. The lowest BCUT2D eigenvalue weighted by Crippen LogP contribution is -2.14. The molecular formula is C33H24O2S. The number of sulfone groups is 1. The van der Waals surface area contributed by atoms with Crippen molar-refractivity contribution in [2.75, 3.05) is 0 Å². The highest BCUT2D eigenvalue weighted by molar-refractivity contribution is 7.92. The molecular weight excluding hydrogens is 460 g/mol. The van der Waals surface area contributed by atoms with Gasteiger partial charge in [-0.05, 0) is 57.1 Å². The average Bonchev–Trinajstić information content (AvgIpc) is 3.29. The molecule has 0 radical (unpaired) electrons. The van der Waals surface area contributed by atoms with Gasteiger partial charge < -0.3 is 0 Å². The maximum absolute atomic E-state index is 13.5. The van der Waals surface area contributed by atoms with Gasteiger partial charge in [-0.25, -0.2) is 8.42 Å². The zero-order chi connectivity index (χ0) is 24.7. The number of fused-ring (bicyclic) bond motifs is 6. The molecule has 5 aromatic rings. The SMILES string of the molecule is CC1(C)c2ccccc2-c2ccc(-c3cccc(-c4cccc5c4S(=O)(=O)c4ccccc4-5)c3)cc21. The van der Waals surface area contributed by atoms with Crippen molar-refractivity contribution >= 4 is 9.84 Å². The second kappa shape index (κ2) is 7.28. The largest absolute Gasteiger partial charge is 0.218 e. The molecule has 0 fully saturated rings. The van der Waals surface area contributed by atoms with E-state index >= 15 is 0 Å². The third kappa shape index (κ3) is 2.81. The Kier molecular flexibility index (Phi) is 4.32. The first-order chi connectivity index (χ1) is 17.4. The van der Waals surface area contributed by atoms with E-state index in [4.69, 9.17) is 0 Å². The summed E-state index contributed by atoms with van der Waals surface area (Å²) in [6.07, 6.45) is 0. The highest BCUT2D eigenvalue weighted by Gasteiger charge is 2.36. The summed E-state index contributed by atoms with van der Waals surface area (Å²) in [5.74, 6) is 0. The second-order valence-electron chi connectivity index (χ2n) is 10.2. The Morgan fingerprint density at radius 1 is 0.500 bits per heavy atom. The minimum atomic E-state index is -3.58. The lowest BCUT2D eigenvalue weighted by atomic mass is 9.81. The smallest absolute Gasteiger partial charge is 0.208 e. The lowest BCUT2D eigenvalue weighted by Gasteiger charge is -2.22. The van der Waals surface area contributed by atoms with E-state index in [1.165, 1.54) is 22.3 Å². The van der Waals surface area contributed by atoms with E-state index in [-0.39, 0.29) is 5.41 Å². The highest BCUT2D eigenvalue weighted by atomic mass is 32.2. The molecule has 1 heterocycles. The number of benzene rings is 5. The Balaban J connectivity index is 1.37. The van der Waals surface area contributed by atoms with Crippen LogP contribution < -0.4 is 0 Å². The van der Waals surface area contributed by atoms with Gasteiger partial charge in [0.25, 0.3) is 0 Å². The highest BCUT2D eigenvalue weighted by Crippen LogP contribution is 2.50. The van der Waals surface area contributed by atoms with Crippen LogP contribution in [0.3, 0.4) is 0 Å². The number of rotatable bonds is 2. The Bertz CT molecular complexity index is 1830. The molecule has 0 aromatic heterocycles. The molecule has 7 rings (SSSR count). The maximum atomic E-state index is 13.5. The van der Waals surface area contributed by atoms with Gasteiger partial charge in [0.15, 0.2) is 0 Å². The van der Waals surface area contributed by atoms with E-state index in [1.54, 1.807) is 12.1 Å². The van der Waals surface area contributed by atoms with Crippen LogP contribution in [0.2, 0.25) is 0 Å². The Hall–Kier alpha value is -3.95. The van der Waals surface area contributed by atoms with Gasteiger partial charge in [0, 0.05) is 22.1 Å². The standard InChI is InChI=1S/C33H24O2S/c1-33(2)29-15-5-3-11-25(29)26-18-17-22(20-30(26)33)21-9-7-10-23(19-21)24-13-8-14-28-27-12-4-6-16-31(27)36(34,35)32(24)28/h3-20H,1-2H3. The Morgan fingerprint density at radius 3 is 1.97 bits per heavy atom. The molecule has 174 valence electrons. The third-order valence-corrected chi connectivity index (χ3v) is 9.75. The molecule has 0 saturated heterocycles. The van der Waals surface area contributed by atoms with Gasteiger partial charge in [-0.2, -0.15) is 0 Å². The molecule has 0 unspecified atom stereocenters. The van der Waals surface area contributed by atoms with Crippen LogP contribution in [0.5, 0.6) is 0 Å². The predicted molar refractivity (Wildman–Crippen MR) is 146 cm³/mol. The van der Waals surface area contributed by atoms with E-state index in [1.807, 2.05) is 42.5 Å². The molecule has 1 aliphatic heterocycles. The van der Waals surface area contributed by atoms with E-state index in [0.29, 0.717) is 9.79 Å². The van der Waals surface area contributed by atoms with Gasteiger partial charge in [0.2, 0.25) is 9.84 Å². The van der Waals surface area contributed by atoms with Crippen molar-refractivity contribution in [1.29, 1.82) is 0 Å². The molecule has 0 bridgehead atoms. The predicted octanol–water partition coefficient (Wildman–Crippen LogP) is 8.14. The third-order valence-electron chi connectivity index (χ3n) is 7.84. The van der Waals surface area contributed by atoms with Crippen molar-refractivity contribution in [1.82, 2.24) is 0 Å². The first-order valence-corrected chi connectivity index (χ1v) is 13.7. The maximum Gasteiger partial charge on any atom is 0.208 e. The summed E-state index contributed by atoms with van der Waals surface area (Å²) in [6, 6.07) is 36.7. The van der Waals surface area contributed by atoms with Crippen molar-refractivity contribution in [2.45, 2.75) is 29.1 Å². The summed E-state index contributed by atoms with van der Waals surface area (Å²) in [5, 5.41) is 0. The molecule has 3 heteroatoms. The summed E-state index contributed by atoms with van der Waals surface area (Å²) in [6.45, 7) is 4.57. The summed E-state index contributed by atoms with van der Waals surface area (Å²) < 4.78 is 27.1. The minimum Gasteiger partial charge on any atom is -0.218 e. The average molecular weight is 485 g/mol. The molecule has 2 aliphatic rings. The van der Waals surface area contributed by atoms with Crippen molar-refractivity contribution in [2.24, 2.45) is 0 Å². The van der Waals surface area contributed by atoms with E-state index in [9.17, 15) is 8.42 Å². The molecule has 2 nitrogen and oxygen atoms in total. The van der Waals surface area contributed by atoms with Crippen LogP contribution in [0, 0.1) is 0 Å². The van der Waals surface area contributed by atoms with Crippen LogP contribution in [0.4, 0.5) is 0 Å². The van der Waals surface area contributed by atoms with Gasteiger partial charge in [-0.3, -0.25) is 0 Å². The normalized spacial score (nSPS) is 15.6. The van der Waals surface area contributed by atoms with Crippen LogP contribution in [0.25, 0.3) is 44.5 Å². The van der Waals surface area contributed by atoms with Crippen LogP contribution in [-0.4, -0.2) is 8.42 Å². The molecule has 36 heavy (non-hydrogen) atoms. The van der Waals surface area contributed by atoms with Crippen LogP contribution in [0.1, 0.15) is 25.0 Å². The lowest BCUT2D eigenvalue weighted by molar-refractivity contribution is 0.599. The van der Waals surface area contributed by atoms with Gasteiger partial charge in [0.1, 0.15) is 0 Å². The quantitative estimate of drug-likeness (QED) is 0.249. The van der Waals surface area contributed by atoms with Gasteiger partial charge in [0.05, 0.1) is 9.79 Å². The molecule has 0 saturated carbocycles. The van der Waals surface area contributed by atoms with E-state index in [2.05, 4.69) is 68.4 Å². The molecule has 0 amide bonds. The van der Waals surface area contributed by atoms with Crippen molar-refractivity contribution in [3.05, 3.63) is 120 Å². The first kappa shape index (κ1) is 21.3. The minimum absolute atomic E-state index is 0.0698. The van der Waals surface area contributed by atoms with Gasteiger partial charge in [-0.15, -0.1) is 0 Å². The Morgan fingerprint density at radius 2 is 1.11 bits per heavy atom. The van der Waals surface area contributed by atoms with Crippen molar-refractivity contribution in [3.8, 4) is 44.5 Å². The molecule has 0 atom stereocenters. The fourth-order valence-electron chi connectivity index (χ4n) is 6.05. The van der Waals surface area contributed by atoms with Gasteiger partial charge >= 0.3 is 0 Å². The monoisotopic (exact) mass is 484 g/mol. The number of hydrogen-bond donors (Lipinski definition) is 0. The summed E-state index contributed by atoms with van der Waals surface area (Å²) in [4.78, 5) is 0.804. The summed E-state index contributed by atoms with van der Waals surface area (Å²) >= 11 is 0. The molecule has 0 spiro atoms. The van der Waals surface area contributed by atoms with Crippen LogP contribution >= 0.6 is 0 Å². The Labute approximate surface area is 211 Å². The summed E-state index contributed by atoms with van der Waals surface area (Å²) in [7, 11) is -3.58. The van der Waals surface area contributed by atoms with Crippen molar-refractivity contribution in [3.63, 3.8) is 0 Å². The van der Waals surface area contributed by atoms with E-state index in [0.717, 1.165) is 33.4 Å². The van der Waals surface area contributed by atoms with Crippen LogP contribution in [0.15, 0.2) is 119 Å². The fourth-order valence-corrected chi connectivity index (χ4v) is 7.94. The molecule has 1 aliphatic carbocycles. The fraction of sp³-hybridized carbons (Fsp3) is 0.0909.